The summed E-state index contributed by atoms with van der Waals surface area (Å²) in [6.07, 6.45) is 2.97. The summed E-state index contributed by atoms with van der Waals surface area (Å²) < 4.78 is 45.2. The summed E-state index contributed by atoms with van der Waals surface area (Å²) >= 11 is 1.19. The van der Waals surface area contributed by atoms with Crippen molar-refractivity contribution in [1.82, 2.24) is 8.87 Å². The van der Waals surface area contributed by atoms with Gasteiger partial charge in [-0.25, -0.2) is 8.42 Å². The molecule has 0 aliphatic rings. The van der Waals surface area contributed by atoms with Gasteiger partial charge in [-0.15, -0.1) is 13.2 Å². The molecule has 1 amide bonds. The number of carbonyl (C=O) groups excluding carboxylic acids is 2. The lowest BCUT2D eigenvalue weighted by atomic mass is 10.2. The molecule has 0 radical (unpaired) electrons. The van der Waals surface area contributed by atoms with Crippen molar-refractivity contribution < 1.29 is 32.2 Å². The largest absolute Gasteiger partial charge is 0.493 e. The Kier molecular flexibility index (Phi) is 9.61. The summed E-state index contributed by atoms with van der Waals surface area (Å²) in [4.78, 5) is 29.9. The van der Waals surface area contributed by atoms with Gasteiger partial charge in [0.25, 0.3) is 5.91 Å². The molecule has 2 aromatic carbocycles. The van der Waals surface area contributed by atoms with E-state index < -0.39 is 21.9 Å². The first kappa shape index (κ1) is 28.8. The van der Waals surface area contributed by atoms with Crippen LogP contribution in [0.15, 0.2) is 71.6 Å². The molecule has 10 nitrogen and oxygen atoms in total. The standard InChI is InChI=1S/C26H29N3O7S2/c1-6-13-28(14-7-2)38(32,33)19-11-9-18(10-12-19)25(31)27-26-29(17-24(30)36-8-3)20-15-21(34-4)22(35-5)16-23(20)37-26/h6-7,9-12,15-16H,1-2,8,13-14,17H2,3-5H3. The maximum Gasteiger partial charge on any atom is 0.326 e. The summed E-state index contributed by atoms with van der Waals surface area (Å²) in [7, 11) is -0.802. The van der Waals surface area contributed by atoms with E-state index in [1.807, 2.05) is 0 Å². The Hall–Kier alpha value is -3.74. The lowest BCUT2D eigenvalue weighted by Gasteiger charge is -2.19. The molecule has 0 aliphatic heterocycles. The minimum atomic E-state index is -3.81. The molecule has 1 aromatic heterocycles. The van der Waals surface area contributed by atoms with E-state index in [-0.39, 0.29) is 41.5 Å². The van der Waals surface area contributed by atoms with Crippen molar-refractivity contribution in [2.24, 2.45) is 4.99 Å². The molecule has 0 bridgehead atoms. The third-order valence-corrected chi connectivity index (χ3v) is 8.27. The highest BCUT2D eigenvalue weighted by Crippen LogP contribution is 2.33. The van der Waals surface area contributed by atoms with Crippen molar-refractivity contribution in [1.29, 1.82) is 0 Å². The van der Waals surface area contributed by atoms with Gasteiger partial charge in [-0.1, -0.05) is 23.5 Å². The number of hydrogen-bond donors (Lipinski definition) is 0. The van der Waals surface area contributed by atoms with Gasteiger partial charge in [-0.05, 0) is 31.2 Å². The second-order valence-corrected chi connectivity index (χ2v) is 10.7. The van der Waals surface area contributed by atoms with Crippen LogP contribution in [0.5, 0.6) is 11.5 Å². The molecule has 1 heterocycles. The molecule has 3 aromatic rings. The van der Waals surface area contributed by atoms with Gasteiger partial charge in [-0.3, -0.25) is 9.59 Å². The maximum absolute atomic E-state index is 13.1. The Bertz CT molecular complexity index is 1510. The van der Waals surface area contributed by atoms with Gasteiger partial charge in [0, 0.05) is 30.8 Å². The monoisotopic (exact) mass is 559 g/mol. The van der Waals surface area contributed by atoms with Crippen LogP contribution in [-0.2, 0) is 26.1 Å². The molecule has 3 rings (SSSR count). The number of aromatic nitrogens is 1. The summed E-state index contributed by atoms with van der Waals surface area (Å²) in [5, 5.41) is 0. The Morgan fingerprint density at radius 3 is 2.21 bits per heavy atom. The number of sulfonamides is 1. The van der Waals surface area contributed by atoms with E-state index in [1.54, 1.807) is 23.6 Å². The fourth-order valence-corrected chi connectivity index (χ4v) is 6.02. The Morgan fingerprint density at radius 2 is 1.66 bits per heavy atom. The predicted octanol–water partition coefficient (Wildman–Crippen LogP) is 3.39. The number of thiazole rings is 1. The summed E-state index contributed by atoms with van der Waals surface area (Å²) in [6, 6.07) is 8.93. The number of methoxy groups -OCH3 is 2. The van der Waals surface area contributed by atoms with E-state index in [9.17, 15) is 18.0 Å². The molecule has 12 heteroatoms. The molecule has 202 valence electrons. The number of benzene rings is 2. The third-order valence-electron chi connectivity index (χ3n) is 5.38. The van der Waals surface area contributed by atoms with Gasteiger partial charge in [0.2, 0.25) is 10.0 Å². The van der Waals surface area contributed by atoms with Crippen LogP contribution < -0.4 is 14.3 Å². The SMILES string of the molecule is C=CCN(CC=C)S(=O)(=O)c1ccc(C(=O)N=c2sc3cc(OC)c(OC)cc3n2CC(=O)OCC)cc1. The van der Waals surface area contributed by atoms with Gasteiger partial charge in [-0.2, -0.15) is 9.30 Å². The maximum atomic E-state index is 13.1. The molecule has 0 fully saturated rings. The molecule has 38 heavy (non-hydrogen) atoms. The van der Waals surface area contributed by atoms with Gasteiger partial charge in [0.15, 0.2) is 16.3 Å². The molecule has 0 spiro atoms. The number of esters is 1. The first-order valence-corrected chi connectivity index (χ1v) is 13.8. The molecular weight excluding hydrogens is 530 g/mol. The molecule has 0 aliphatic carbocycles. The fraction of sp³-hybridized carbons (Fsp3) is 0.269. The normalized spacial score (nSPS) is 11.9. The van der Waals surface area contributed by atoms with E-state index in [4.69, 9.17) is 14.2 Å². The number of nitrogens with zero attached hydrogens (tertiary/aromatic N) is 3. The summed E-state index contributed by atoms with van der Waals surface area (Å²) in [5.41, 5.74) is 0.788. The van der Waals surface area contributed by atoms with E-state index in [1.165, 1.54) is 66.3 Å². The van der Waals surface area contributed by atoms with Crippen LogP contribution in [0.2, 0.25) is 0 Å². The average Bonchev–Trinajstić information content (AvgIpc) is 3.23. The molecule has 0 unspecified atom stereocenters. The predicted molar refractivity (Wildman–Crippen MR) is 145 cm³/mol. The van der Waals surface area contributed by atoms with Crippen molar-refractivity contribution >= 4 is 43.5 Å². The number of amides is 1. The number of hydrogen-bond acceptors (Lipinski definition) is 8. The topological polar surface area (TPSA) is 117 Å². The smallest absolute Gasteiger partial charge is 0.326 e. The quantitative estimate of drug-likeness (QED) is 0.247. The Morgan fingerprint density at radius 1 is 1.05 bits per heavy atom. The van der Waals surface area contributed by atoms with Crippen molar-refractivity contribution in [3.05, 3.63) is 72.1 Å². The fourth-order valence-electron chi connectivity index (χ4n) is 3.60. The molecule has 0 N–H and O–H groups in total. The van der Waals surface area contributed by atoms with Crippen LogP contribution in [-0.4, -0.2) is 63.1 Å². The molecule has 0 saturated heterocycles. The van der Waals surface area contributed by atoms with E-state index >= 15 is 0 Å². The van der Waals surface area contributed by atoms with Gasteiger partial charge in [0.05, 0.1) is 35.9 Å². The average molecular weight is 560 g/mol. The second kappa shape index (κ2) is 12.7. The highest BCUT2D eigenvalue weighted by Gasteiger charge is 2.23. The zero-order valence-electron chi connectivity index (χ0n) is 21.4. The third kappa shape index (κ3) is 6.21. The number of fused-ring (bicyclic) bond motifs is 1. The van der Waals surface area contributed by atoms with Crippen molar-refractivity contribution in [3.63, 3.8) is 0 Å². The van der Waals surface area contributed by atoms with Crippen LogP contribution in [0.4, 0.5) is 0 Å². The lowest BCUT2D eigenvalue weighted by molar-refractivity contribution is -0.143. The van der Waals surface area contributed by atoms with Crippen molar-refractivity contribution in [2.75, 3.05) is 33.9 Å². The second-order valence-electron chi connectivity index (χ2n) is 7.79. The molecule has 0 saturated carbocycles. The zero-order chi connectivity index (χ0) is 27.9. The zero-order valence-corrected chi connectivity index (χ0v) is 23.0. The lowest BCUT2D eigenvalue weighted by Crippen LogP contribution is -2.31. The Labute approximate surface area is 225 Å². The first-order chi connectivity index (χ1) is 18.2. The summed E-state index contributed by atoms with van der Waals surface area (Å²) in [5.74, 6) is -0.159. The van der Waals surface area contributed by atoms with Crippen LogP contribution in [0.3, 0.4) is 0 Å². The van der Waals surface area contributed by atoms with Gasteiger partial charge in [0.1, 0.15) is 6.54 Å². The summed E-state index contributed by atoms with van der Waals surface area (Å²) in [6.45, 7) is 9.16. The van der Waals surface area contributed by atoms with Crippen molar-refractivity contribution in [2.45, 2.75) is 18.4 Å². The minimum Gasteiger partial charge on any atom is -0.493 e. The van der Waals surface area contributed by atoms with Crippen LogP contribution >= 0.6 is 11.3 Å². The van der Waals surface area contributed by atoms with Crippen molar-refractivity contribution in [3.8, 4) is 11.5 Å². The van der Waals surface area contributed by atoms with Gasteiger partial charge < -0.3 is 18.8 Å². The van der Waals surface area contributed by atoms with Crippen LogP contribution in [0.25, 0.3) is 10.2 Å². The van der Waals surface area contributed by atoms with E-state index in [0.29, 0.717) is 21.7 Å². The number of ether oxygens (including phenoxy) is 3. The number of rotatable bonds is 12. The highest BCUT2D eigenvalue weighted by atomic mass is 32.2. The van der Waals surface area contributed by atoms with E-state index in [2.05, 4.69) is 18.2 Å². The van der Waals surface area contributed by atoms with Crippen LogP contribution in [0.1, 0.15) is 17.3 Å². The molecular formula is C26H29N3O7S2. The first-order valence-electron chi connectivity index (χ1n) is 11.5. The van der Waals surface area contributed by atoms with E-state index in [0.717, 1.165) is 0 Å². The minimum absolute atomic E-state index is 0.0242. The molecule has 0 atom stereocenters. The highest BCUT2D eigenvalue weighted by molar-refractivity contribution is 7.89. The Balaban J connectivity index is 2.05. The van der Waals surface area contributed by atoms with Crippen LogP contribution in [0, 0.1) is 0 Å². The van der Waals surface area contributed by atoms with Gasteiger partial charge >= 0.3 is 5.97 Å². The number of carbonyl (C=O) groups is 2.